The minimum atomic E-state index is -0.235. The van der Waals surface area contributed by atoms with Crippen LogP contribution in [0.4, 0.5) is 0 Å². The lowest BCUT2D eigenvalue weighted by Gasteiger charge is -2.30. The molecule has 0 aromatic heterocycles. The second-order valence-electron chi connectivity index (χ2n) is 6.18. The van der Waals surface area contributed by atoms with E-state index in [0.29, 0.717) is 12.0 Å². The van der Waals surface area contributed by atoms with Gasteiger partial charge in [0.25, 0.3) is 0 Å². The van der Waals surface area contributed by atoms with Crippen LogP contribution in [-0.2, 0) is 0 Å². The number of rotatable bonds is 6. The van der Waals surface area contributed by atoms with Crippen molar-refractivity contribution in [3.8, 4) is 6.07 Å². The molecule has 2 aliphatic rings. The highest BCUT2D eigenvalue weighted by Crippen LogP contribution is 2.41. The van der Waals surface area contributed by atoms with Crippen LogP contribution in [0.2, 0.25) is 0 Å². The molecule has 21 heavy (non-hydrogen) atoms. The number of hydrogen-bond acceptors (Lipinski definition) is 3. The van der Waals surface area contributed by atoms with Gasteiger partial charge in [0, 0.05) is 15.4 Å². The first-order valence-corrected chi connectivity index (χ1v) is 9.57. The van der Waals surface area contributed by atoms with Gasteiger partial charge in [-0.15, -0.1) is 11.8 Å². The number of nitrogens with one attached hydrogen (secondary N) is 1. The van der Waals surface area contributed by atoms with Gasteiger partial charge in [0.2, 0.25) is 0 Å². The highest BCUT2D eigenvalue weighted by molar-refractivity contribution is 9.10. The molecule has 1 N–H and O–H groups in total. The van der Waals surface area contributed by atoms with E-state index in [0.717, 1.165) is 23.1 Å². The summed E-state index contributed by atoms with van der Waals surface area (Å²) >= 11 is 5.37. The summed E-state index contributed by atoms with van der Waals surface area (Å²) in [6.07, 6.45) is 7.07. The molecule has 1 aromatic carbocycles. The average Bonchev–Trinajstić information content (AvgIpc) is 3.21. The van der Waals surface area contributed by atoms with Gasteiger partial charge >= 0.3 is 0 Å². The smallest absolute Gasteiger partial charge is 0.109 e. The molecular weight excluding hydrogens is 344 g/mol. The Balaban J connectivity index is 1.53. The van der Waals surface area contributed by atoms with Crippen molar-refractivity contribution in [2.45, 2.75) is 55.0 Å². The maximum atomic E-state index is 9.69. The molecular formula is C17H21BrN2S. The first-order chi connectivity index (χ1) is 10.2. The summed E-state index contributed by atoms with van der Waals surface area (Å²) in [6, 6.07) is 11.7. The Kier molecular flexibility index (Phi) is 4.93. The van der Waals surface area contributed by atoms with Crippen molar-refractivity contribution in [2.24, 2.45) is 5.92 Å². The second kappa shape index (κ2) is 6.73. The Morgan fingerprint density at radius 3 is 2.71 bits per heavy atom. The van der Waals surface area contributed by atoms with Crippen LogP contribution in [0.5, 0.6) is 0 Å². The molecule has 0 saturated heterocycles. The first kappa shape index (κ1) is 15.4. The topological polar surface area (TPSA) is 35.8 Å². The van der Waals surface area contributed by atoms with Crippen molar-refractivity contribution >= 4 is 27.7 Å². The van der Waals surface area contributed by atoms with E-state index in [1.165, 1.54) is 30.6 Å². The lowest BCUT2D eigenvalue weighted by Crippen LogP contribution is -2.48. The quantitative estimate of drug-likeness (QED) is 0.740. The van der Waals surface area contributed by atoms with Crippen molar-refractivity contribution in [2.75, 3.05) is 5.75 Å². The molecule has 3 rings (SSSR count). The Bertz CT molecular complexity index is 521. The van der Waals surface area contributed by atoms with E-state index in [1.54, 1.807) is 0 Å². The van der Waals surface area contributed by atoms with Gasteiger partial charge in [-0.25, -0.2) is 0 Å². The fourth-order valence-corrected chi connectivity index (χ4v) is 4.51. The van der Waals surface area contributed by atoms with Gasteiger partial charge < -0.3 is 0 Å². The SMILES string of the molecule is N#CC1(NC2CC2)CCCC1CCSc1ccc(Br)cc1. The summed E-state index contributed by atoms with van der Waals surface area (Å²) in [6.45, 7) is 0. The molecule has 0 heterocycles. The van der Waals surface area contributed by atoms with Gasteiger partial charge in [-0.1, -0.05) is 22.4 Å². The molecule has 2 unspecified atom stereocenters. The summed E-state index contributed by atoms with van der Waals surface area (Å²) in [5.41, 5.74) is -0.235. The number of benzene rings is 1. The summed E-state index contributed by atoms with van der Waals surface area (Å²) < 4.78 is 1.12. The van der Waals surface area contributed by atoms with Gasteiger partial charge in [0.1, 0.15) is 5.54 Å². The zero-order chi connectivity index (χ0) is 14.7. The zero-order valence-electron chi connectivity index (χ0n) is 12.1. The average molecular weight is 365 g/mol. The summed E-state index contributed by atoms with van der Waals surface area (Å²) in [4.78, 5) is 1.31. The van der Waals surface area contributed by atoms with Gasteiger partial charge in [0.15, 0.2) is 0 Å². The molecule has 2 atom stereocenters. The van der Waals surface area contributed by atoms with Crippen LogP contribution in [0.25, 0.3) is 0 Å². The van der Waals surface area contributed by atoms with E-state index in [4.69, 9.17) is 0 Å². The van der Waals surface area contributed by atoms with E-state index >= 15 is 0 Å². The Labute approximate surface area is 139 Å². The predicted octanol–water partition coefficient (Wildman–Crippen LogP) is 4.75. The van der Waals surface area contributed by atoms with Crippen LogP contribution in [0.15, 0.2) is 33.6 Å². The van der Waals surface area contributed by atoms with Crippen molar-refractivity contribution in [1.29, 1.82) is 5.26 Å². The Morgan fingerprint density at radius 1 is 1.29 bits per heavy atom. The normalized spacial score (nSPS) is 28.5. The number of nitriles is 1. The predicted molar refractivity (Wildman–Crippen MR) is 91.3 cm³/mol. The number of nitrogens with zero attached hydrogens (tertiary/aromatic N) is 1. The molecule has 2 nitrogen and oxygen atoms in total. The molecule has 0 aliphatic heterocycles. The number of thioether (sulfide) groups is 1. The summed E-state index contributed by atoms with van der Waals surface area (Å²) in [5.74, 6) is 1.62. The van der Waals surface area contributed by atoms with Crippen molar-refractivity contribution in [3.05, 3.63) is 28.7 Å². The molecule has 2 fully saturated rings. The third kappa shape index (κ3) is 3.83. The monoisotopic (exact) mass is 364 g/mol. The third-order valence-corrected chi connectivity index (χ3v) is 6.18. The molecule has 0 radical (unpaired) electrons. The van der Waals surface area contributed by atoms with Crippen LogP contribution < -0.4 is 5.32 Å². The van der Waals surface area contributed by atoms with Crippen molar-refractivity contribution in [1.82, 2.24) is 5.32 Å². The number of hydrogen-bond donors (Lipinski definition) is 1. The van der Waals surface area contributed by atoms with Gasteiger partial charge in [0.05, 0.1) is 6.07 Å². The summed E-state index contributed by atoms with van der Waals surface area (Å²) in [5, 5.41) is 13.3. The standard InChI is InChI=1S/C17H21BrN2S/c18-14-3-7-16(8-4-14)21-11-9-13-2-1-10-17(13,12-19)20-15-5-6-15/h3-4,7-8,13,15,20H,1-2,5-6,9-11H2. The first-order valence-electron chi connectivity index (χ1n) is 7.79. The molecule has 2 saturated carbocycles. The van der Waals surface area contributed by atoms with E-state index < -0.39 is 0 Å². The van der Waals surface area contributed by atoms with Crippen LogP contribution in [-0.4, -0.2) is 17.3 Å². The van der Waals surface area contributed by atoms with Crippen LogP contribution in [0.3, 0.4) is 0 Å². The lowest BCUT2D eigenvalue weighted by atomic mass is 9.86. The lowest BCUT2D eigenvalue weighted by molar-refractivity contribution is 0.308. The highest BCUT2D eigenvalue weighted by Gasteiger charge is 2.45. The maximum absolute atomic E-state index is 9.69. The van der Waals surface area contributed by atoms with Crippen LogP contribution in [0, 0.1) is 17.2 Å². The number of halogens is 1. The fourth-order valence-electron chi connectivity index (χ4n) is 3.28. The zero-order valence-corrected chi connectivity index (χ0v) is 14.5. The highest BCUT2D eigenvalue weighted by atomic mass is 79.9. The minimum Gasteiger partial charge on any atom is -0.296 e. The molecule has 0 amide bonds. The van der Waals surface area contributed by atoms with E-state index in [1.807, 2.05) is 11.8 Å². The third-order valence-electron chi connectivity index (χ3n) is 4.61. The fraction of sp³-hybridized carbons (Fsp3) is 0.588. The Morgan fingerprint density at radius 2 is 2.05 bits per heavy atom. The van der Waals surface area contributed by atoms with E-state index in [2.05, 4.69) is 51.6 Å². The Hall–Kier alpha value is -0.500. The molecule has 0 bridgehead atoms. The van der Waals surface area contributed by atoms with Crippen molar-refractivity contribution < 1.29 is 0 Å². The molecule has 0 spiro atoms. The second-order valence-corrected chi connectivity index (χ2v) is 8.27. The van der Waals surface area contributed by atoms with Gasteiger partial charge in [-0.2, -0.15) is 5.26 Å². The largest absolute Gasteiger partial charge is 0.296 e. The van der Waals surface area contributed by atoms with Gasteiger partial charge in [-0.05, 0) is 68.0 Å². The molecule has 1 aromatic rings. The molecule has 4 heteroatoms. The minimum absolute atomic E-state index is 0.235. The van der Waals surface area contributed by atoms with Crippen molar-refractivity contribution in [3.63, 3.8) is 0 Å². The van der Waals surface area contributed by atoms with E-state index in [-0.39, 0.29) is 5.54 Å². The summed E-state index contributed by atoms with van der Waals surface area (Å²) in [7, 11) is 0. The molecule has 2 aliphatic carbocycles. The van der Waals surface area contributed by atoms with Gasteiger partial charge in [-0.3, -0.25) is 5.32 Å². The van der Waals surface area contributed by atoms with E-state index in [9.17, 15) is 5.26 Å². The van der Waals surface area contributed by atoms with Crippen LogP contribution >= 0.6 is 27.7 Å². The maximum Gasteiger partial charge on any atom is 0.109 e. The van der Waals surface area contributed by atoms with Crippen LogP contribution in [0.1, 0.15) is 38.5 Å². The molecule has 112 valence electrons.